The Hall–Kier alpha value is -1.79. The topological polar surface area (TPSA) is 41.5 Å². The molecule has 1 fully saturated rings. The molecule has 5 nitrogen and oxygen atoms in total. The highest BCUT2D eigenvalue weighted by atomic mass is 19.1. The van der Waals surface area contributed by atoms with Crippen molar-refractivity contribution in [3.63, 3.8) is 0 Å². The number of aromatic nitrogens is 2. The third-order valence-corrected chi connectivity index (χ3v) is 4.03. The number of benzene rings is 1. The van der Waals surface area contributed by atoms with E-state index in [-0.39, 0.29) is 11.6 Å². The average molecular weight is 304 g/mol. The van der Waals surface area contributed by atoms with Gasteiger partial charge in [0.2, 0.25) is 0 Å². The van der Waals surface area contributed by atoms with Crippen LogP contribution in [0, 0.1) is 5.82 Å². The standard InChI is InChI=1S/C16H21FN4O/c1-20-4-6-21(7-5-20)3-2-8-22-16-10-15-13(9-14(16)17)11-18-12-19-15/h9-12H,2-8H2,1H3. The summed E-state index contributed by atoms with van der Waals surface area (Å²) < 4.78 is 19.5. The van der Waals surface area contributed by atoms with E-state index in [2.05, 4.69) is 26.8 Å². The molecule has 1 aliphatic rings. The van der Waals surface area contributed by atoms with Crippen LogP contribution in [0.2, 0.25) is 0 Å². The van der Waals surface area contributed by atoms with Gasteiger partial charge in [0.25, 0.3) is 0 Å². The van der Waals surface area contributed by atoms with Gasteiger partial charge < -0.3 is 14.5 Å². The number of hydrogen-bond acceptors (Lipinski definition) is 5. The van der Waals surface area contributed by atoms with Crippen molar-refractivity contribution in [2.24, 2.45) is 0 Å². The lowest BCUT2D eigenvalue weighted by Gasteiger charge is -2.32. The summed E-state index contributed by atoms with van der Waals surface area (Å²) in [7, 11) is 2.15. The predicted molar refractivity (Wildman–Crippen MR) is 83.5 cm³/mol. The molecule has 0 aliphatic carbocycles. The van der Waals surface area contributed by atoms with E-state index in [1.165, 1.54) is 12.4 Å². The lowest BCUT2D eigenvalue weighted by Crippen LogP contribution is -2.44. The third kappa shape index (κ3) is 3.69. The first-order chi connectivity index (χ1) is 10.7. The SMILES string of the molecule is CN1CCN(CCCOc2cc3ncncc3cc2F)CC1. The fraction of sp³-hybridized carbons (Fsp3) is 0.500. The minimum absolute atomic E-state index is 0.268. The van der Waals surface area contributed by atoms with Crippen molar-refractivity contribution in [3.8, 4) is 5.75 Å². The lowest BCUT2D eigenvalue weighted by atomic mass is 10.2. The van der Waals surface area contributed by atoms with Crippen molar-refractivity contribution >= 4 is 10.9 Å². The first-order valence-corrected chi connectivity index (χ1v) is 7.65. The van der Waals surface area contributed by atoms with E-state index in [1.807, 2.05) is 0 Å². The van der Waals surface area contributed by atoms with Gasteiger partial charge in [0.1, 0.15) is 6.33 Å². The van der Waals surface area contributed by atoms with Crippen molar-refractivity contribution in [1.29, 1.82) is 0 Å². The van der Waals surface area contributed by atoms with E-state index in [1.54, 1.807) is 12.3 Å². The van der Waals surface area contributed by atoms with Gasteiger partial charge in [0.15, 0.2) is 11.6 Å². The summed E-state index contributed by atoms with van der Waals surface area (Å²) in [5.74, 6) is -0.0912. The van der Waals surface area contributed by atoms with E-state index >= 15 is 0 Å². The minimum atomic E-state index is -0.359. The second-order valence-corrected chi connectivity index (χ2v) is 5.71. The van der Waals surface area contributed by atoms with Crippen LogP contribution >= 0.6 is 0 Å². The Balaban J connectivity index is 1.50. The number of halogens is 1. The van der Waals surface area contributed by atoms with Gasteiger partial charge in [-0.15, -0.1) is 0 Å². The molecule has 3 rings (SSSR count). The van der Waals surface area contributed by atoms with E-state index in [0.717, 1.165) is 39.1 Å². The molecular formula is C16H21FN4O. The summed E-state index contributed by atoms with van der Waals surface area (Å²) in [6.45, 7) is 5.92. The second kappa shape index (κ2) is 6.98. The number of fused-ring (bicyclic) bond motifs is 1. The van der Waals surface area contributed by atoms with Gasteiger partial charge in [0.05, 0.1) is 12.1 Å². The molecule has 2 heterocycles. The van der Waals surface area contributed by atoms with E-state index in [0.29, 0.717) is 17.5 Å². The van der Waals surface area contributed by atoms with Crippen LogP contribution in [0.1, 0.15) is 6.42 Å². The highest BCUT2D eigenvalue weighted by molar-refractivity contribution is 5.79. The van der Waals surface area contributed by atoms with Crippen molar-refractivity contribution in [2.75, 3.05) is 46.4 Å². The van der Waals surface area contributed by atoms with Gasteiger partial charge in [-0.05, 0) is 19.5 Å². The summed E-state index contributed by atoms with van der Waals surface area (Å²) in [6.07, 6.45) is 3.95. The molecule has 1 aromatic heterocycles. The molecular weight excluding hydrogens is 283 g/mol. The summed E-state index contributed by atoms with van der Waals surface area (Å²) in [4.78, 5) is 12.8. The molecule has 22 heavy (non-hydrogen) atoms. The summed E-state index contributed by atoms with van der Waals surface area (Å²) >= 11 is 0. The summed E-state index contributed by atoms with van der Waals surface area (Å²) in [5, 5.41) is 0.685. The van der Waals surface area contributed by atoms with Gasteiger partial charge in [-0.3, -0.25) is 0 Å². The van der Waals surface area contributed by atoms with Crippen molar-refractivity contribution in [1.82, 2.24) is 19.8 Å². The Morgan fingerprint density at radius 3 is 2.86 bits per heavy atom. The number of hydrogen-bond donors (Lipinski definition) is 0. The largest absolute Gasteiger partial charge is 0.490 e. The van der Waals surface area contributed by atoms with E-state index in [4.69, 9.17) is 4.74 Å². The van der Waals surface area contributed by atoms with Gasteiger partial charge >= 0.3 is 0 Å². The fourth-order valence-electron chi connectivity index (χ4n) is 2.63. The molecule has 6 heteroatoms. The highest BCUT2D eigenvalue weighted by Crippen LogP contribution is 2.23. The molecule has 0 saturated carbocycles. The van der Waals surface area contributed by atoms with Crippen LogP contribution in [0.25, 0.3) is 10.9 Å². The monoisotopic (exact) mass is 304 g/mol. The first kappa shape index (κ1) is 15.1. The summed E-state index contributed by atoms with van der Waals surface area (Å²) in [6, 6.07) is 3.06. The zero-order valence-corrected chi connectivity index (χ0v) is 12.8. The zero-order chi connectivity index (χ0) is 15.4. The maximum absolute atomic E-state index is 13.9. The van der Waals surface area contributed by atoms with Crippen LogP contribution in [-0.2, 0) is 0 Å². The number of likely N-dealkylation sites (N-methyl/N-ethyl adjacent to an activating group) is 1. The van der Waals surface area contributed by atoms with Crippen LogP contribution in [0.4, 0.5) is 4.39 Å². The van der Waals surface area contributed by atoms with Gasteiger partial charge in [-0.25, -0.2) is 14.4 Å². The summed E-state index contributed by atoms with van der Waals surface area (Å²) in [5.41, 5.74) is 0.700. The van der Waals surface area contributed by atoms with Crippen molar-refractivity contribution < 1.29 is 9.13 Å². The fourth-order valence-corrected chi connectivity index (χ4v) is 2.63. The smallest absolute Gasteiger partial charge is 0.165 e. The molecule has 0 N–H and O–H groups in total. The molecule has 2 aromatic rings. The number of nitrogens with zero attached hydrogens (tertiary/aromatic N) is 4. The molecule has 0 unspecified atom stereocenters. The van der Waals surface area contributed by atoms with Crippen molar-refractivity contribution in [2.45, 2.75) is 6.42 Å². The molecule has 0 spiro atoms. The molecule has 0 radical (unpaired) electrons. The number of piperazine rings is 1. The Kier molecular flexibility index (Phi) is 4.80. The first-order valence-electron chi connectivity index (χ1n) is 7.65. The lowest BCUT2D eigenvalue weighted by molar-refractivity contribution is 0.145. The molecule has 0 bridgehead atoms. The van der Waals surface area contributed by atoms with Crippen LogP contribution in [0.5, 0.6) is 5.75 Å². The molecule has 1 saturated heterocycles. The highest BCUT2D eigenvalue weighted by Gasteiger charge is 2.13. The van der Waals surface area contributed by atoms with Gasteiger partial charge in [-0.2, -0.15) is 0 Å². The molecule has 118 valence electrons. The Labute approximate surface area is 129 Å². The van der Waals surface area contributed by atoms with Crippen LogP contribution < -0.4 is 4.74 Å². The van der Waals surface area contributed by atoms with E-state index < -0.39 is 0 Å². The van der Waals surface area contributed by atoms with Crippen LogP contribution in [0.3, 0.4) is 0 Å². The number of rotatable bonds is 5. The van der Waals surface area contributed by atoms with Crippen LogP contribution in [-0.4, -0.2) is 66.1 Å². The molecule has 1 aromatic carbocycles. The Morgan fingerprint density at radius 1 is 1.23 bits per heavy atom. The molecule has 0 atom stereocenters. The van der Waals surface area contributed by atoms with Gasteiger partial charge in [0, 0.05) is 50.4 Å². The quantitative estimate of drug-likeness (QED) is 0.788. The second-order valence-electron chi connectivity index (χ2n) is 5.71. The van der Waals surface area contributed by atoms with Crippen LogP contribution in [0.15, 0.2) is 24.7 Å². The van der Waals surface area contributed by atoms with E-state index in [9.17, 15) is 4.39 Å². The Morgan fingerprint density at radius 2 is 2.05 bits per heavy atom. The predicted octanol–water partition coefficient (Wildman–Crippen LogP) is 1.79. The van der Waals surface area contributed by atoms with Gasteiger partial charge in [-0.1, -0.05) is 0 Å². The molecule has 1 aliphatic heterocycles. The maximum atomic E-state index is 13.9. The normalized spacial score (nSPS) is 17.0. The minimum Gasteiger partial charge on any atom is -0.490 e. The Bertz CT molecular complexity index is 629. The average Bonchev–Trinajstić information content (AvgIpc) is 2.53. The zero-order valence-electron chi connectivity index (χ0n) is 12.8. The van der Waals surface area contributed by atoms with Crippen molar-refractivity contribution in [3.05, 3.63) is 30.5 Å². The molecule has 0 amide bonds. The maximum Gasteiger partial charge on any atom is 0.165 e. The third-order valence-electron chi connectivity index (χ3n) is 4.03. The number of ether oxygens (including phenoxy) is 1.